The smallest absolute Gasteiger partial charge is 0.453 e. The fraction of sp³-hybridized carbons (Fsp3) is 0.500. The molecule has 3 rings (SSSR count). The third-order valence-electron chi connectivity index (χ3n) is 4.31. The van der Waals surface area contributed by atoms with Crippen molar-refractivity contribution >= 4 is 22.7 Å². The van der Waals surface area contributed by atoms with Crippen LogP contribution < -0.4 is 4.74 Å². The zero-order chi connectivity index (χ0) is 20.3. The summed E-state index contributed by atoms with van der Waals surface area (Å²) in [5, 5.41) is 3.50. The third kappa shape index (κ3) is 4.11. The molecule has 2 amide bonds. The first kappa shape index (κ1) is 20.1. The molecule has 7 nitrogen and oxygen atoms in total. The van der Waals surface area contributed by atoms with Gasteiger partial charge in [0.05, 0.1) is 12.0 Å². The van der Waals surface area contributed by atoms with Crippen LogP contribution in [0.2, 0.25) is 0 Å². The van der Waals surface area contributed by atoms with Crippen molar-refractivity contribution in [1.29, 1.82) is 0 Å². The lowest BCUT2D eigenvalue weighted by Crippen LogP contribution is -2.46. The van der Waals surface area contributed by atoms with Crippen LogP contribution in [-0.2, 0) is 26.9 Å². The van der Waals surface area contributed by atoms with Crippen LogP contribution in [0, 0.1) is 0 Å². The molecule has 0 spiro atoms. The highest BCUT2D eigenvalue weighted by Crippen LogP contribution is 2.38. The number of benzene rings is 1. The number of aromatic nitrogens is 1. The van der Waals surface area contributed by atoms with Crippen LogP contribution in [0.4, 0.5) is 13.2 Å². The molecule has 0 atom stereocenters. The van der Waals surface area contributed by atoms with Crippen molar-refractivity contribution in [2.45, 2.75) is 32.4 Å². The van der Waals surface area contributed by atoms with Gasteiger partial charge in [0.2, 0.25) is 5.76 Å². The molecular weight excluding hydrogens is 381 g/mol. The van der Waals surface area contributed by atoms with Gasteiger partial charge in [-0.15, -0.1) is 0 Å². The Labute approximate surface area is 158 Å². The van der Waals surface area contributed by atoms with Gasteiger partial charge in [-0.1, -0.05) is 18.5 Å². The molecule has 1 aromatic carbocycles. The summed E-state index contributed by atoms with van der Waals surface area (Å²) < 4.78 is 54.2. The second kappa shape index (κ2) is 8.17. The SMILES string of the molecule is CCCc1c(OCCCN2C(=O)COCC2=O)ccc2c(C(F)(F)F)onc12. The number of rotatable bonds is 7. The molecular formula is C18H19F3N2O5. The van der Waals surface area contributed by atoms with E-state index in [-0.39, 0.29) is 37.3 Å². The molecule has 1 aromatic heterocycles. The minimum atomic E-state index is -4.63. The van der Waals surface area contributed by atoms with Gasteiger partial charge in [-0.25, -0.2) is 0 Å². The first-order valence-electron chi connectivity index (χ1n) is 8.85. The van der Waals surface area contributed by atoms with Crippen molar-refractivity contribution in [1.82, 2.24) is 10.1 Å². The fourth-order valence-electron chi connectivity index (χ4n) is 3.05. The molecule has 0 radical (unpaired) electrons. The monoisotopic (exact) mass is 400 g/mol. The van der Waals surface area contributed by atoms with Crippen molar-refractivity contribution in [3.05, 3.63) is 23.5 Å². The number of fused-ring (bicyclic) bond motifs is 1. The molecule has 1 saturated heterocycles. The molecule has 0 N–H and O–H groups in total. The maximum atomic E-state index is 13.0. The van der Waals surface area contributed by atoms with Crippen molar-refractivity contribution < 1.29 is 36.8 Å². The first-order chi connectivity index (χ1) is 13.3. The topological polar surface area (TPSA) is 81.9 Å². The summed E-state index contributed by atoms with van der Waals surface area (Å²) in [5.41, 5.74) is 0.669. The van der Waals surface area contributed by atoms with E-state index in [1.54, 1.807) is 0 Å². The number of nitrogens with zero attached hydrogens (tertiary/aromatic N) is 2. The normalized spacial score (nSPS) is 15.5. The van der Waals surface area contributed by atoms with Gasteiger partial charge >= 0.3 is 6.18 Å². The Morgan fingerprint density at radius 1 is 1.21 bits per heavy atom. The quantitative estimate of drug-likeness (QED) is 0.525. The molecule has 28 heavy (non-hydrogen) atoms. The number of hydrogen-bond donors (Lipinski definition) is 0. The van der Waals surface area contributed by atoms with Gasteiger partial charge in [0.1, 0.15) is 24.5 Å². The summed E-state index contributed by atoms with van der Waals surface area (Å²) in [6.07, 6.45) is -3.09. The second-order valence-corrected chi connectivity index (χ2v) is 6.33. The highest BCUT2D eigenvalue weighted by molar-refractivity contribution is 5.98. The van der Waals surface area contributed by atoms with Gasteiger partial charge in [0.25, 0.3) is 11.8 Å². The van der Waals surface area contributed by atoms with E-state index in [1.165, 1.54) is 12.1 Å². The van der Waals surface area contributed by atoms with Crippen LogP contribution in [0.15, 0.2) is 16.7 Å². The molecule has 0 saturated carbocycles. The average molecular weight is 400 g/mol. The number of hydrogen-bond acceptors (Lipinski definition) is 6. The van der Waals surface area contributed by atoms with Gasteiger partial charge in [0.15, 0.2) is 0 Å². The highest BCUT2D eigenvalue weighted by atomic mass is 19.4. The minimum absolute atomic E-state index is 0.104. The Bertz CT molecular complexity index is 862. The molecule has 2 aromatic rings. The van der Waals surface area contributed by atoms with Crippen LogP contribution in [0.3, 0.4) is 0 Å². The molecule has 2 heterocycles. The summed E-state index contributed by atoms with van der Waals surface area (Å²) in [4.78, 5) is 24.5. The molecule has 0 aliphatic carbocycles. The summed E-state index contributed by atoms with van der Waals surface area (Å²) in [5.74, 6) is -1.51. The Morgan fingerprint density at radius 3 is 2.57 bits per heavy atom. The number of amides is 2. The number of carbonyl (C=O) groups is 2. The van der Waals surface area contributed by atoms with E-state index in [9.17, 15) is 22.8 Å². The zero-order valence-corrected chi connectivity index (χ0v) is 15.2. The molecule has 1 fully saturated rings. The summed E-state index contributed by atoms with van der Waals surface area (Å²) in [6.45, 7) is 2.01. The Hall–Kier alpha value is -2.62. The fourth-order valence-corrected chi connectivity index (χ4v) is 3.05. The molecule has 10 heteroatoms. The summed E-state index contributed by atoms with van der Waals surface area (Å²) >= 11 is 0. The van der Waals surface area contributed by atoms with Gasteiger partial charge in [-0.05, 0) is 25.0 Å². The van der Waals surface area contributed by atoms with E-state index >= 15 is 0 Å². The Kier molecular flexibility index (Phi) is 5.87. The van der Waals surface area contributed by atoms with Crippen LogP contribution in [0.1, 0.15) is 31.1 Å². The minimum Gasteiger partial charge on any atom is -0.493 e. The van der Waals surface area contributed by atoms with E-state index < -0.39 is 23.8 Å². The summed E-state index contributed by atoms with van der Waals surface area (Å²) in [7, 11) is 0. The van der Waals surface area contributed by atoms with E-state index in [4.69, 9.17) is 9.47 Å². The van der Waals surface area contributed by atoms with E-state index in [1.807, 2.05) is 6.92 Å². The Morgan fingerprint density at radius 2 is 1.93 bits per heavy atom. The maximum Gasteiger partial charge on any atom is 0.453 e. The zero-order valence-electron chi connectivity index (χ0n) is 15.2. The largest absolute Gasteiger partial charge is 0.493 e. The Balaban J connectivity index is 1.71. The predicted molar refractivity (Wildman–Crippen MR) is 90.7 cm³/mol. The number of alkyl halides is 3. The van der Waals surface area contributed by atoms with E-state index in [2.05, 4.69) is 9.68 Å². The van der Waals surface area contributed by atoms with Crippen LogP contribution >= 0.6 is 0 Å². The molecule has 1 aliphatic heterocycles. The van der Waals surface area contributed by atoms with Crippen molar-refractivity contribution in [2.75, 3.05) is 26.4 Å². The number of morpholine rings is 1. The summed E-state index contributed by atoms with van der Waals surface area (Å²) in [6, 6.07) is 2.74. The average Bonchev–Trinajstić information content (AvgIpc) is 3.07. The highest BCUT2D eigenvalue weighted by Gasteiger charge is 2.38. The predicted octanol–water partition coefficient (Wildman–Crippen LogP) is 2.95. The first-order valence-corrected chi connectivity index (χ1v) is 8.85. The lowest BCUT2D eigenvalue weighted by molar-refractivity contribution is -0.158. The van der Waals surface area contributed by atoms with Crippen LogP contribution in [0.25, 0.3) is 10.9 Å². The molecule has 0 bridgehead atoms. The van der Waals surface area contributed by atoms with Gasteiger partial charge in [-0.2, -0.15) is 13.2 Å². The van der Waals surface area contributed by atoms with Crippen LogP contribution in [-0.4, -0.2) is 48.2 Å². The van der Waals surface area contributed by atoms with Crippen molar-refractivity contribution in [3.63, 3.8) is 0 Å². The lowest BCUT2D eigenvalue weighted by atomic mass is 10.0. The van der Waals surface area contributed by atoms with Gasteiger partial charge in [-0.3, -0.25) is 14.5 Å². The van der Waals surface area contributed by atoms with Crippen LogP contribution in [0.5, 0.6) is 5.75 Å². The van der Waals surface area contributed by atoms with Crippen molar-refractivity contribution in [2.24, 2.45) is 0 Å². The standard InChI is InChI=1S/C18H19F3N2O5/c1-2-4-11-13(6-5-12-16(11)22-28-17(12)18(19,20)21)27-8-3-7-23-14(24)9-26-10-15(23)25/h5-6H,2-4,7-10H2,1H3. The van der Waals surface area contributed by atoms with Crippen molar-refractivity contribution in [3.8, 4) is 5.75 Å². The molecule has 1 aliphatic rings. The van der Waals surface area contributed by atoms with Gasteiger partial charge in [0, 0.05) is 12.1 Å². The number of halogens is 3. The second-order valence-electron chi connectivity index (χ2n) is 6.33. The number of imide groups is 1. The molecule has 152 valence electrons. The number of carbonyl (C=O) groups excluding carboxylic acids is 2. The number of aryl methyl sites for hydroxylation is 1. The molecule has 0 unspecified atom stereocenters. The lowest BCUT2D eigenvalue weighted by Gasteiger charge is -2.24. The van der Waals surface area contributed by atoms with E-state index in [0.717, 1.165) is 4.90 Å². The third-order valence-corrected chi connectivity index (χ3v) is 4.31. The van der Waals surface area contributed by atoms with Gasteiger partial charge < -0.3 is 14.0 Å². The van der Waals surface area contributed by atoms with E-state index in [0.29, 0.717) is 30.6 Å². The maximum absolute atomic E-state index is 13.0. The number of ether oxygens (including phenoxy) is 2.